The Hall–Kier alpha value is -2.25. The zero-order valence-electron chi connectivity index (χ0n) is 14.2. The third-order valence-corrected chi connectivity index (χ3v) is 5.55. The number of nitrogens with zero attached hydrogens (tertiary/aromatic N) is 1. The number of rotatable bonds is 7. The highest BCUT2D eigenvalue weighted by molar-refractivity contribution is 7.89. The Bertz CT molecular complexity index is 853. The van der Waals surface area contributed by atoms with Gasteiger partial charge in [0.1, 0.15) is 10.7 Å². The van der Waals surface area contributed by atoms with E-state index in [2.05, 4.69) is 5.32 Å². The van der Waals surface area contributed by atoms with Crippen LogP contribution >= 0.6 is 0 Å². The number of halogens is 1. The molecule has 1 amide bonds. The lowest BCUT2D eigenvalue weighted by Crippen LogP contribution is -2.38. The van der Waals surface area contributed by atoms with Crippen LogP contribution in [0.25, 0.3) is 0 Å². The summed E-state index contributed by atoms with van der Waals surface area (Å²) in [6.07, 6.45) is 0.505. The van der Waals surface area contributed by atoms with Gasteiger partial charge in [-0.25, -0.2) is 12.8 Å². The summed E-state index contributed by atoms with van der Waals surface area (Å²) in [4.78, 5) is 11.9. The maximum Gasteiger partial charge on any atom is 0.246 e. The minimum Gasteiger partial charge on any atom is -0.325 e. The molecule has 0 aromatic heterocycles. The highest BCUT2D eigenvalue weighted by Crippen LogP contribution is 2.20. The Kier molecular flexibility index (Phi) is 6.27. The molecule has 0 unspecified atom stereocenters. The summed E-state index contributed by atoms with van der Waals surface area (Å²) < 4.78 is 40.3. The van der Waals surface area contributed by atoms with E-state index >= 15 is 0 Å². The van der Waals surface area contributed by atoms with E-state index in [1.807, 2.05) is 19.1 Å². The molecule has 0 spiro atoms. The van der Waals surface area contributed by atoms with Crippen LogP contribution in [0.1, 0.15) is 18.9 Å². The van der Waals surface area contributed by atoms with Crippen LogP contribution in [-0.2, 0) is 14.8 Å². The van der Waals surface area contributed by atoms with Crippen LogP contribution in [0.4, 0.5) is 10.1 Å². The van der Waals surface area contributed by atoms with Gasteiger partial charge in [-0.1, -0.05) is 37.3 Å². The lowest BCUT2D eigenvalue weighted by atomic mass is 10.2. The molecule has 0 aliphatic rings. The molecule has 0 bridgehead atoms. The van der Waals surface area contributed by atoms with E-state index in [1.165, 1.54) is 18.2 Å². The van der Waals surface area contributed by atoms with Gasteiger partial charge >= 0.3 is 0 Å². The average molecular weight is 364 g/mol. The van der Waals surface area contributed by atoms with Crippen LogP contribution < -0.4 is 5.32 Å². The summed E-state index contributed by atoms with van der Waals surface area (Å²) >= 11 is 0. The molecule has 2 aromatic rings. The molecule has 0 heterocycles. The monoisotopic (exact) mass is 364 g/mol. The van der Waals surface area contributed by atoms with E-state index in [-0.39, 0.29) is 13.1 Å². The Morgan fingerprint density at radius 2 is 1.76 bits per heavy atom. The Balaban J connectivity index is 2.22. The molecule has 0 saturated heterocycles. The van der Waals surface area contributed by atoms with Gasteiger partial charge in [0.05, 0.1) is 6.54 Å². The second kappa shape index (κ2) is 8.22. The van der Waals surface area contributed by atoms with Gasteiger partial charge in [-0.2, -0.15) is 4.31 Å². The number of hydrogen-bond donors (Lipinski definition) is 1. The van der Waals surface area contributed by atoms with Crippen molar-refractivity contribution >= 4 is 21.6 Å². The Labute approximate surface area is 147 Å². The number of carbonyl (C=O) groups is 1. The summed E-state index contributed by atoms with van der Waals surface area (Å²) in [6, 6.07) is 12.4. The second-order valence-corrected chi connectivity index (χ2v) is 7.54. The van der Waals surface area contributed by atoms with Crippen molar-refractivity contribution in [2.45, 2.75) is 25.2 Å². The first kappa shape index (κ1) is 19.1. The van der Waals surface area contributed by atoms with E-state index in [1.54, 1.807) is 19.1 Å². The largest absolute Gasteiger partial charge is 0.325 e. The van der Waals surface area contributed by atoms with Crippen molar-refractivity contribution in [3.63, 3.8) is 0 Å². The molecule has 0 aliphatic carbocycles. The zero-order valence-corrected chi connectivity index (χ0v) is 15.0. The fraction of sp³-hybridized carbons (Fsp3) is 0.278. The van der Waals surface area contributed by atoms with Gasteiger partial charge in [0, 0.05) is 12.2 Å². The van der Waals surface area contributed by atoms with Gasteiger partial charge in [-0.15, -0.1) is 0 Å². The number of carbonyl (C=O) groups excluding carboxylic acids is 1. The molecule has 0 fully saturated rings. The SMILES string of the molecule is CCCN(CC(=O)Nc1ccccc1C)S(=O)(=O)c1ccccc1F. The highest BCUT2D eigenvalue weighted by Gasteiger charge is 2.28. The van der Waals surface area contributed by atoms with Crippen LogP contribution in [0.2, 0.25) is 0 Å². The van der Waals surface area contributed by atoms with Crippen LogP contribution in [0.3, 0.4) is 0 Å². The fourth-order valence-electron chi connectivity index (χ4n) is 2.39. The quantitative estimate of drug-likeness (QED) is 0.821. The minimum absolute atomic E-state index is 0.123. The highest BCUT2D eigenvalue weighted by atomic mass is 32.2. The number of aryl methyl sites for hydroxylation is 1. The Morgan fingerprint density at radius 3 is 2.40 bits per heavy atom. The smallest absolute Gasteiger partial charge is 0.246 e. The number of benzene rings is 2. The lowest BCUT2D eigenvalue weighted by molar-refractivity contribution is -0.116. The van der Waals surface area contributed by atoms with Gasteiger partial charge in [-0.3, -0.25) is 4.79 Å². The van der Waals surface area contributed by atoms with E-state index in [0.29, 0.717) is 12.1 Å². The summed E-state index contributed by atoms with van der Waals surface area (Å²) in [7, 11) is -4.09. The van der Waals surface area contributed by atoms with Crippen LogP contribution in [0.15, 0.2) is 53.4 Å². The van der Waals surface area contributed by atoms with Gasteiger partial charge in [-0.05, 0) is 37.1 Å². The van der Waals surface area contributed by atoms with E-state index in [0.717, 1.165) is 15.9 Å². The number of hydrogen-bond acceptors (Lipinski definition) is 3. The summed E-state index contributed by atoms with van der Waals surface area (Å²) in [5.41, 5.74) is 1.49. The molecule has 0 radical (unpaired) electrons. The molecule has 2 aromatic carbocycles. The normalized spacial score (nSPS) is 11.5. The summed E-state index contributed by atoms with van der Waals surface area (Å²) in [6.45, 7) is 3.38. The van der Waals surface area contributed by atoms with Crippen molar-refractivity contribution < 1.29 is 17.6 Å². The molecule has 0 atom stereocenters. The second-order valence-electron chi connectivity index (χ2n) is 5.63. The van der Waals surface area contributed by atoms with Gasteiger partial charge < -0.3 is 5.32 Å². The summed E-state index contributed by atoms with van der Waals surface area (Å²) in [5.74, 6) is -1.30. The average Bonchev–Trinajstić information content (AvgIpc) is 2.57. The molecule has 0 saturated carbocycles. The van der Waals surface area contributed by atoms with Crippen molar-refractivity contribution in [2.75, 3.05) is 18.4 Å². The number of sulfonamides is 1. The van der Waals surface area contributed by atoms with E-state index in [9.17, 15) is 17.6 Å². The topological polar surface area (TPSA) is 66.5 Å². The first-order chi connectivity index (χ1) is 11.9. The number of para-hydroxylation sites is 1. The Morgan fingerprint density at radius 1 is 1.12 bits per heavy atom. The number of nitrogens with one attached hydrogen (secondary N) is 1. The van der Waals surface area contributed by atoms with E-state index < -0.39 is 26.6 Å². The van der Waals surface area contributed by atoms with Crippen LogP contribution in [0.5, 0.6) is 0 Å². The standard InChI is InChI=1S/C18H21FN2O3S/c1-3-12-21(25(23,24)17-11-7-5-9-15(17)19)13-18(22)20-16-10-6-4-8-14(16)2/h4-11H,3,12-13H2,1-2H3,(H,20,22). The first-order valence-electron chi connectivity index (χ1n) is 7.96. The fourth-order valence-corrected chi connectivity index (χ4v) is 3.94. The predicted molar refractivity (Wildman–Crippen MR) is 95.3 cm³/mol. The third kappa shape index (κ3) is 4.64. The van der Waals surface area contributed by atoms with Crippen LogP contribution in [-0.4, -0.2) is 31.7 Å². The maximum atomic E-state index is 13.9. The van der Waals surface area contributed by atoms with Crippen molar-refractivity contribution in [2.24, 2.45) is 0 Å². The number of anilines is 1. The molecular formula is C18H21FN2O3S. The molecule has 0 aliphatic heterocycles. The minimum atomic E-state index is -4.09. The lowest BCUT2D eigenvalue weighted by Gasteiger charge is -2.21. The third-order valence-electron chi connectivity index (χ3n) is 3.67. The molecule has 1 N–H and O–H groups in total. The molecule has 25 heavy (non-hydrogen) atoms. The zero-order chi connectivity index (χ0) is 18.4. The van der Waals surface area contributed by atoms with Crippen molar-refractivity contribution in [1.29, 1.82) is 0 Å². The molecule has 5 nitrogen and oxygen atoms in total. The van der Waals surface area contributed by atoms with Crippen molar-refractivity contribution in [3.8, 4) is 0 Å². The molecule has 2 rings (SSSR count). The predicted octanol–water partition coefficient (Wildman–Crippen LogP) is 3.17. The van der Waals surface area contributed by atoms with Gasteiger partial charge in [0.2, 0.25) is 15.9 Å². The number of amides is 1. The van der Waals surface area contributed by atoms with Gasteiger partial charge in [0.15, 0.2) is 0 Å². The van der Waals surface area contributed by atoms with E-state index in [4.69, 9.17) is 0 Å². The first-order valence-corrected chi connectivity index (χ1v) is 9.40. The van der Waals surface area contributed by atoms with Crippen molar-refractivity contribution in [3.05, 3.63) is 59.9 Å². The molecular weight excluding hydrogens is 343 g/mol. The molecule has 134 valence electrons. The maximum absolute atomic E-state index is 13.9. The molecule has 7 heteroatoms. The van der Waals surface area contributed by atoms with Crippen molar-refractivity contribution in [1.82, 2.24) is 4.31 Å². The summed E-state index contributed by atoms with van der Waals surface area (Å²) in [5, 5.41) is 2.70. The van der Waals surface area contributed by atoms with Crippen LogP contribution in [0, 0.1) is 12.7 Å². The van der Waals surface area contributed by atoms with Gasteiger partial charge in [0.25, 0.3) is 0 Å².